The average Bonchev–Trinajstić information content (AvgIpc) is 3.18. The Bertz CT molecular complexity index is 769. The summed E-state index contributed by atoms with van der Waals surface area (Å²) < 4.78 is 16.5. The monoisotopic (exact) mass is 386 g/mol. The molecule has 1 aromatic heterocycles. The van der Waals surface area contributed by atoms with E-state index in [1.165, 1.54) is 19.5 Å². The summed E-state index contributed by atoms with van der Waals surface area (Å²) in [6, 6.07) is 7.26. The molecule has 1 saturated heterocycles. The minimum Gasteiger partial charge on any atom is -0.494 e. The smallest absolute Gasteiger partial charge is 0.321 e. The highest BCUT2D eigenvalue weighted by Crippen LogP contribution is 2.20. The van der Waals surface area contributed by atoms with Gasteiger partial charge in [-0.1, -0.05) is 13.3 Å². The molecular weight excluding hydrogens is 360 g/mol. The molecule has 2 aromatic rings. The summed E-state index contributed by atoms with van der Waals surface area (Å²) in [4.78, 5) is 22.4. The number of anilines is 1. The van der Waals surface area contributed by atoms with Crippen LogP contribution >= 0.6 is 0 Å². The second-order valence-electron chi connectivity index (χ2n) is 6.53. The van der Waals surface area contributed by atoms with E-state index in [2.05, 4.69) is 22.2 Å². The van der Waals surface area contributed by atoms with Gasteiger partial charge in [0.1, 0.15) is 11.9 Å². The molecule has 150 valence electrons. The first-order valence-corrected chi connectivity index (χ1v) is 9.49. The number of ether oxygens (including phenoxy) is 3. The van der Waals surface area contributed by atoms with E-state index < -0.39 is 0 Å². The zero-order chi connectivity index (χ0) is 19.8. The van der Waals surface area contributed by atoms with E-state index in [0.717, 1.165) is 30.7 Å². The number of urea groups is 1. The fraction of sp³-hybridized carbons (Fsp3) is 0.450. The van der Waals surface area contributed by atoms with Crippen molar-refractivity contribution in [2.75, 3.05) is 32.1 Å². The highest BCUT2D eigenvalue weighted by molar-refractivity contribution is 5.89. The van der Waals surface area contributed by atoms with Gasteiger partial charge in [-0.3, -0.25) is 4.98 Å². The molecule has 1 N–H and O–H groups in total. The maximum atomic E-state index is 12.5. The topological polar surface area (TPSA) is 85.8 Å². The number of nitrogens with zero attached hydrogens (tertiary/aromatic N) is 3. The molecule has 0 bridgehead atoms. The van der Waals surface area contributed by atoms with Crippen molar-refractivity contribution in [3.05, 3.63) is 36.7 Å². The van der Waals surface area contributed by atoms with Gasteiger partial charge in [-0.15, -0.1) is 0 Å². The zero-order valence-electron chi connectivity index (χ0n) is 16.3. The lowest BCUT2D eigenvalue weighted by Crippen LogP contribution is -2.34. The predicted octanol–water partition coefficient (Wildman–Crippen LogP) is 3.35. The van der Waals surface area contributed by atoms with Crippen LogP contribution in [0.2, 0.25) is 0 Å². The lowest BCUT2D eigenvalue weighted by Gasteiger charge is -2.18. The molecule has 1 aliphatic heterocycles. The molecule has 0 radical (unpaired) electrons. The summed E-state index contributed by atoms with van der Waals surface area (Å²) >= 11 is 0. The number of carbonyl (C=O) groups excluding carboxylic acids is 1. The van der Waals surface area contributed by atoms with E-state index in [-0.39, 0.29) is 12.1 Å². The van der Waals surface area contributed by atoms with Crippen LogP contribution < -0.4 is 19.5 Å². The predicted molar refractivity (Wildman–Crippen MR) is 105 cm³/mol. The van der Waals surface area contributed by atoms with Crippen molar-refractivity contribution in [2.24, 2.45) is 0 Å². The Hall–Kier alpha value is -3.03. The Kier molecular flexibility index (Phi) is 6.89. The van der Waals surface area contributed by atoms with Gasteiger partial charge in [0.05, 0.1) is 32.7 Å². The van der Waals surface area contributed by atoms with Gasteiger partial charge < -0.3 is 24.4 Å². The van der Waals surface area contributed by atoms with E-state index in [1.807, 2.05) is 24.3 Å². The third-order valence-corrected chi connectivity index (χ3v) is 4.39. The minimum atomic E-state index is -0.150. The highest BCUT2D eigenvalue weighted by atomic mass is 16.5. The van der Waals surface area contributed by atoms with Gasteiger partial charge >= 0.3 is 6.03 Å². The minimum absolute atomic E-state index is 0.124. The van der Waals surface area contributed by atoms with Crippen molar-refractivity contribution in [1.29, 1.82) is 0 Å². The molecule has 8 nitrogen and oxygen atoms in total. The molecule has 8 heteroatoms. The van der Waals surface area contributed by atoms with Gasteiger partial charge in [-0.05, 0) is 30.7 Å². The summed E-state index contributed by atoms with van der Waals surface area (Å²) in [7, 11) is 1.53. The van der Waals surface area contributed by atoms with E-state index in [4.69, 9.17) is 14.2 Å². The molecule has 3 rings (SSSR count). The molecule has 28 heavy (non-hydrogen) atoms. The van der Waals surface area contributed by atoms with Crippen LogP contribution in [-0.2, 0) is 0 Å². The first kappa shape index (κ1) is 19.7. The lowest BCUT2D eigenvalue weighted by atomic mass is 10.3. The van der Waals surface area contributed by atoms with Crippen LogP contribution in [0.3, 0.4) is 0 Å². The van der Waals surface area contributed by atoms with E-state index in [9.17, 15) is 4.79 Å². The van der Waals surface area contributed by atoms with Gasteiger partial charge in [-0.25, -0.2) is 4.79 Å². The first-order chi connectivity index (χ1) is 13.7. The van der Waals surface area contributed by atoms with Crippen LogP contribution in [-0.4, -0.2) is 53.8 Å². The Labute approximate surface area is 164 Å². The number of benzene rings is 1. The number of carbonyl (C=O) groups is 1. The van der Waals surface area contributed by atoms with E-state index in [0.29, 0.717) is 31.5 Å². The van der Waals surface area contributed by atoms with E-state index >= 15 is 0 Å². The van der Waals surface area contributed by atoms with Crippen LogP contribution in [0.15, 0.2) is 36.7 Å². The van der Waals surface area contributed by atoms with Gasteiger partial charge in [0.2, 0.25) is 11.8 Å². The first-order valence-electron chi connectivity index (χ1n) is 9.49. The van der Waals surface area contributed by atoms with Crippen LogP contribution in [0.1, 0.15) is 26.2 Å². The van der Waals surface area contributed by atoms with Crippen LogP contribution in [0.4, 0.5) is 10.5 Å². The Morgan fingerprint density at radius 3 is 2.79 bits per heavy atom. The number of methoxy groups -OCH3 is 1. The van der Waals surface area contributed by atoms with Crippen molar-refractivity contribution in [3.63, 3.8) is 0 Å². The number of hydrogen-bond donors (Lipinski definition) is 1. The molecule has 2 heterocycles. The van der Waals surface area contributed by atoms with Crippen molar-refractivity contribution in [1.82, 2.24) is 14.9 Å². The third kappa shape index (κ3) is 5.48. The van der Waals surface area contributed by atoms with Gasteiger partial charge in [0.15, 0.2) is 0 Å². The second-order valence-corrected chi connectivity index (χ2v) is 6.53. The quantitative estimate of drug-likeness (QED) is 0.700. The van der Waals surface area contributed by atoms with Gasteiger partial charge in [0.25, 0.3) is 0 Å². The van der Waals surface area contributed by atoms with Crippen LogP contribution in [0.25, 0.3) is 0 Å². The van der Waals surface area contributed by atoms with Crippen molar-refractivity contribution in [2.45, 2.75) is 32.3 Å². The molecular formula is C20H26N4O4. The second kappa shape index (κ2) is 9.77. The molecule has 0 saturated carbocycles. The maximum Gasteiger partial charge on any atom is 0.321 e. The fourth-order valence-electron chi connectivity index (χ4n) is 2.84. The Morgan fingerprint density at radius 1 is 1.25 bits per heavy atom. The number of unbranched alkanes of at least 4 members (excludes halogenated alkanes) is 1. The Balaban J connectivity index is 1.47. The molecule has 0 spiro atoms. The summed E-state index contributed by atoms with van der Waals surface area (Å²) in [5.74, 6) is 1.60. The molecule has 0 aliphatic carbocycles. The summed E-state index contributed by atoms with van der Waals surface area (Å²) in [6.07, 6.45) is 5.78. The third-order valence-electron chi connectivity index (χ3n) is 4.39. The number of hydrogen-bond acceptors (Lipinski definition) is 6. The number of nitrogens with one attached hydrogen (secondary N) is 1. The van der Waals surface area contributed by atoms with Crippen molar-refractivity contribution >= 4 is 11.7 Å². The molecule has 1 fully saturated rings. The number of aromatic nitrogens is 2. The SMILES string of the molecule is CCCCOc1ccc(NC(=O)N2CCC(Oc3cncc(OC)n3)C2)cc1. The lowest BCUT2D eigenvalue weighted by molar-refractivity contribution is 0.188. The van der Waals surface area contributed by atoms with Crippen molar-refractivity contribution < 1.29 is 19.0 Å². The fourth-order valence-corrected chi connectivity index (χ4v) is 2.84. The standard InChI is InChI=1S/C20H26N4O4/c1-3-4-11-27-16-7-5-15(6-8-16)22-20(25)24-10-9-17(14-24)28-19-13-21-12-18(23-19)26-2/h5-8,12-13,17H,3-4,9-11,14H2,1-2H3,(H,22,25). The number of likely N-dealkylation sites (tertiary alicyclic amines) is 1. The van der Waals surface area contributed by atoms with Gasteiger partial charge in [0, 0.05) is 18.7 Å². The molecule has 2 amide bonds. The van der Waals surface area contributed by atoms with Crippen molar-refractivity contribution in [3.8, 4) is 17.5 Å². The largest absolute Gasteiger partial charge is 0.494 e. The average molecular weight is 386 g/mol. The van der Waals surface area contributed by atoms with Crippen LogP contribution in [0.5, 0.6) is 17.5 Å². The Morgan fingerprint density at radius 2 is 2.04 bits per heavy atom. The molecule has 1 atom stereocenters. The molecule has 1 aromatic carbocycles. The highest BCUT2D eigenvalue weighted by Gasteiger charge is 2.28. The summed E-state index contributed by atoms with van der Waals surface area (Å²) in [6.45, 7) is 3.93. The van der Waals surface area contributed by atoms with Crippen LogP contribution in [0, 0.1) is 0 Å². The summed E-state index contributed by atoms with van der Waals surface area (Å²) in [5.41, 5.74) is 0.732. The normalized spacial score (nSPS) is 15.9. The zero-order valence-corrected chi connectivity index (χ0v) is 16.3. The summed E-state index contributed by atoms with van der Waals surface area (Å²) in [5, 5.41) is 2.91. The van der Waals surface area contributed by atoms with E-state index in [1.54, 1.807) is 4.90 Å². The van der Waals surface area contributed by atoms with Gasteiger partial charge in [-0.2, -0.15) is 4.98 Å². The number of rotatable bonds is 8. The maximum absolute atomic E-state index is 12.5. The molecule has 1 unspecified atom stereocenters. The molecule has 1 aliphatic rings. The number of amides is 2.